The molecule has 1 amide bonds. The van der Waals surface area contributed by atoms with E-state index in [0.29, 0.717) is 6.54 Å². The summed E-state index contributed by atoms with van der Waals surface area (Å²) >= 11 is 0. The highest BCUT2D eigenvalue weighted by Crippen LogP contribution is 2.06. The molecule has 2 N–H and O–H groups in total. The van der Waals surface area contributed by atoms with E-state index in [4.69, 9.17) is 5.11 Å². The number of rotatable bonds is 2. The summed E-state index contributed by atoms with van der Waals surface area (Å²) in [5, 5.41) is 11.6. The summed E-state index contributed by atoms with van der Waals surface area (Å²) in [4.78, 5) is 10.6. The summed E-state index contributed by atoms with van der Waals surface area (Å²) in [6, 6.07) is 7.38. The fourth-order valence-electron chi connectivity index (χ4n) is 1.09. The van der Waals surface area contributed by atoms with Crippen LogP contribution in [0.2, 0.25) is 0 Å². The van der Waals surface area contributed by atoms with Crippen LogP contribution in [0, 0.1) is 11.8 Å². The molecule has 0 spiro atoms. The zero-order valence-corrected chi connectivity index (χ0v) is 8.58. The lowest BCUT2D eigenvalue weighted by molar-refractivity contribution is -0.118. The Kier molecular flexibility index (Phi) is 4.39. The van der Waals surface area contributed by atoms with E-state index < -0.39 is 0 Å². The largest absolute Gasteiger partial charge is 0.392 e. The second-order valence-electron chi connectivity index (χ2n) is 3.03. The average molecular weight is 203 g/mol. The minimum atomic E-state index is -0.0975. The Balaban J connectivity index is 2.66. The number of benzene rings is 1. The van der Waals surface area contributed by atoms with Crippen LogP contribution >= 0.6 is 0 Å². The zero-order valence-electron chi connectivity index (χ0n) is 8.58. The van der Waals surface area contributed by atoms with E-state index >= 15 is 0 Å². The van der Waals surface area contributed by atoms with E-state index in [9.17, 15) is 4.79 Å². The second kappa shape index (κ2) is 5.84. The van der Waals surface area contributed by atoms with Gasteiger partial charge >= 0.3 is 0 Å². The molecule has 0 saturated heterocycles. The fourth-order valence-corrected chi connectivity index (χ4v) is 1.09. The van der Waals surface area contributed by atoms with Crippen LogP contribution in [-0.2, 0) is 11.4 Å². The van der Waals surface area contributed by atoms with Crippen LogP contribution in [-0.4, -0.2) is 17.6 Å². The monoisotopic (exact) mass is 203 g/mol. The maximum atomic E-state index is 10.6. The maximum Gasteiger partial charge on any atom is 0.217 e. The predicted octanol–water partition coefficient (Wildman–Crippen LogP) is 0.667. The second-order valence-corrected chi connectivity index (χ2v) is 3.03. The molecule has 3 nitrogen and oxygen atoms in total. The first-order valence-electron chi connectivity index (χ1n) is 4.66. The van der Waals surface area contributed by atoms with Crippen molar-refractivity contribution in [2.75, 3.05) is 6.54 Å². The molecule has 1 aromatic carbocycles. The molecule has 78 valence electrons. The van der Waals surface area contributed by atoms with Gasteiger partial charge in [0.15, 0.2) is 0 Å². The van der Waals surface area contributed by atoms with Gasteiger partial charge in [0.1, 0.15) is 0 Å². The van der Waals surface area contributed by atoms with Gasteiger partial charge in [-0.15, -0.1) is 0 Å². The highest BCUT2D eigenvalue weighted by Gasteiger charge is 1.95. The van der Waals surface area contributed by atoms with Crippen molar-refractivity contribution in [1.82, 2.24) is 5.32 Å². The van der Waals surface area contributed by atoms with Gasteiger partial charge in [0.25, 0.3) is 0 Å². The number of carbonyl (C=O) groups excluding carboxylic acids is 1. The van der Waals surface area contributed by atoms with Gasteiger partial charge in [-0.25, -0.2) is 0 Å². The standard InChI is InChI=1S/C12H13NO2/c1-10(15)13-8-4-7-11-5-2-3-6-12(11)9-14/h2-3,5-6,14H,8-9H2,1H3,(H,13,15). The molecule has 1 rings (SSSR count). The molecule has 0 bridgehead atoms. The molecule has 0 saturated carbocycles. The fraction of sp³-hybridized carbons (Fsp3) is 0.250. The third-order valence-corrected chi connectivity index (χ3v) is 1.84. The van der Waals surface area contributed by atoms with Gasteiger partial charge in [0, 0.05) is 12.5 Å². The summed E-state index contributed by atoms with van der Waals surface area (Å²) in [6.45, 7) is 1.75. The normalized spacial score (nSPS) is 8.93. The van der Waals surface area contributed by atoms with E-state index in [-0.39, 0.29) is 12.5 Å². The molecule has 0 aromatic heterocycles. The van der Waals surface area contributed by atoms with Crippen molar-refractivity contribution in [2.24, 2.45) is 0 Å². The van der Waals surface area contributed by atoms with Crippen LogP contribution in [0.1, 0.15) is 18.1 Å². The molecule has 0 radical (unpaired) electrons. The van der Waals surface area contributed by atoms with Crippen LogP contribution in [0.15, 0.2) is 24.3 Å². The molecule has 3 heteroatoms. The van der Waals surface area contributed by atoms with Crippen molar-refractivity contribution < 1.29 is 9.90 Å². The molecule has 0 aliphatic rings. The van der Waals surface area contributed by atoms with Crippen molar-refractivity contribution in [1.29, 1.82) is 0 Å². The Labute approximate surface area is 89.1 Å². The van der Waals surface area contributed by atoms with Crippen molar-refractivity contribution in [3.05, 3.63) is 35.4 Å². The highest BCUT2D eigenvalue weighted by molar-refractivity contribution is 5.73. The number of carbonyl (C=O) groups is 1. The topological polar surface area (TPSA) is 49.3 Å². The summed E-state index contributed by atoms with van der Waals surface area (Å²) in [7, 11) is 0. The molecule has 0 aliphatic carbocycles. The van der Waals surface area contributed by atoms with Crippen LogP contribution < -0.4 is 5.32 Å². The number of hydrogen-bond acceptors (Lipinski definition) is 2. The lowest BCUT2D eigenvalue weighted by atomic mass is 10.1. The van der Waals surface area contributed by atoms with Gasteiger partial charge in [-0.2, -0.15) is 0 Å². The molecule has 0 heterocycles. The van der Waals surface area contributed by atoms with Crippen LogP contribution in [0.5, 0.6) is 0 Å². The van der Waals surface area contributed by atoms with Crippen molar-refractivity contribution in [2.45, 2.75) is 13.5 Å². The van der Waals surface area contributed by atoms with Gasteiger partial charge in [-0.1, -0.05) is 30.0 Å². The number of nitrogens with one attached hydrogen (secondary N) is 1. The average Bonchev–Trinajstić information content (AvgIpc) is 2.24. The first-order chi connectivity index (χ1) is 7.24. The zero-order chi connectivity index (χ0) is 11.1. The quantitative estimate of drug-likeness (QED) is 0.694. The Morgan fingerprint density at radius 3 is 2.87 bits per heavy atom. The third kappa shape index (κ3) is 3.84. The first kappa shape index (κ1) is 11.3. The van der Waals surface area contributed by atoms with Crippen LogP contribution in [0.4, 0.5) is 0 Å². The van der Waals surface area contributed by atoms with Crippen molar-refractivity contribution in [3.8, 4) is 11.8 Å². The summed E-state index contributed by atoms with van der Waals surface area (Å²) in [5.41, 5.74) is 1.60. The van der Waals surface area contributed by atoms with E-state index in [1.807, 2.05) is 24.3 Å². The van der Waals surface area contributed by atoms with Crippen molar-refractivity contribution in [3.63, 3.8) is 0 Å². The minimum Gasteiger partial charge on any atom is -0.392 e. The predicted molar refractivity (Wildman–Crippen MR) is 57.9 cm³/mol. The highest BCUT2D eigenvalue weighted by atomic mass is 16.3. The Hall–Kier alpha value is -1.79. The number of aliphatic hydroxyl groups excluding tert-OH is 1. The lowest BCUT2D eigenvalue weighted by Crippen LogP contribution is -2.19. The number of hydrogen-bond donors (Lipinski definition) is 2. The van der Waals surface area contributed by atoms with Gasteiger partial charge in [0.2, 0.25) is 5.91 Å². The Bertz CT molecular complexity index is 402. The minimum absolute atomic E-state index is 0.0228. The molecule has 1 aromatic rings. The van der Waals surface area contributed by atoms with Gasteiger partial charge in [0.05, 0.1) is 13.2 Å². The smallest absolute Gasteiger partial charge is 0.217 e. The summed E-state index contributed by atoms with van der Waals surface area (Å²) in [6.07, 6.45) is 0. The number of amides is 1. The molecule has 0 unspecified atom stereocenters. The summed E-state index contributed by atoms with van der Waals surface area (Å²) < 4.78 is 0. The van der Waals surface area contributed by atoms with Gasteiger partial charge in [-0.05, 0) is 11.6 Å². The number of aliphatic hydroxyl groups is 1. The van der Waals surface area contributed by atoms with E-state index in [1.54, 1.807) is 0 Å². The molecule has 15 heavy (non-hydrogen) atoms. The van der Waals surface area contributed by atoms with E-state index in [2.05, 4.69) is 17.2 Å². The molecule has 0 atom stereocenters. The third-order valence-electron chi connectivity index (χ3n) is 1.84. The van der Waals surface area contributed by atoms with E-state index in [0.717, 1.165) is 11.1 Å². The molecule has 0 aliphatic heterocycles. The van der Waals surface area contributed by atoms with Crippen LogP contribution in [0.25, 0.3) is 0 Å². The molecular weight excluding hydrogens is 190 g/mol. The summed E-state index contributed by atoms with van der Waals surface area (Å²) in [5.74, 6) is 5.61. The van der Waals surface area contributed by atoms with Crippen LogP contribution in [0.3, 0.4) is 0 Å². The first-order valence-corrected chi connectivity index (χ1v) is 4.66. The van der Waals surface area contributed by atoms with Gasteiger partial charge < -0.3 is 10.4 Å². The lowest BCUT2D eigenvalue weighted by Gasteiger charge is -1.98. The molecular formula is C12H13NO2. The van der Waals surface area contributed by atoms with E-state index in [1.165, 1.54) is 6.92 Å². The van der Waals surface area contributed by atoms with Crippen molar-refractivity contribution >= 4 is 5.91 Å². The maximum absolute atomic E-state index is 10.6. The molecule has 0 fully saturated rings. The Morgan fingerprint density at radius 2 is 2.20 bits per heavy atom. The SMILES string of the molecule is CC(=O)NCC#Cc1ccccc1CO. The Morgan fingerprint density at radius 1 is 1.47 bits per heavy atom. The van der Waals surface area contributed by atoms with Gasteiger partial charge in [-0.3, -0.25) is 4.79 Å².